The SMILES string of the molecule is CC1(C)CCC(C)(C)c2cc(N3B4c5cc6c(cc5N(c5ccc7c(c5)C(C)(C)CCC7(C)C)c5cc7c(oc8ccccc87)c(c54)-c4cc5c(cc43)oc3cc4c(cc35)C(C)(C)CCC4(C)C)C(C)(C)CCC6(C)C)ccc21. The fourth-order valence-corrected chi connectivity index (χ4v) is 16.6. The lowest BCUT2D eigenvalue weighted by atomic mass is 9.42. The van der Waals surface area contributed by atoms with Crippen molar-refractivity contribution in [1.29, 1.82) is 0 Å². The third-order valence-electron chi connectivity index (χ3n) is 22.3. The number of furan rings is 2. The summed E-state index contributed by atoms with van der Waals surface area (Å²) in [5.41, 5.74) is 27.0. The van der Waals surface area contributed by atoms with E-state index in [9.17, 15) is 0 Å². The zero-order valence-electron chi connectivity index (χ0n) is 50.3. The Morgan fingerprint density at radius 2 is 0.823 bits per heavy atom. The first-order valence-corrected chi connectivity index (χ1v) is 30.2. The molecule has 0 atom stereocenters. The van der Waals surface area contributed by atoms with Crippen LogP contribution in [0.3, 0.4) is 0 Å². The summed E-state index contributed by atoms with van der Waals surface area (Å²) in [6.07, 6.45) is 9.25. The molecule has 2 aliphatic heterocycles. The summed E-state index contributed by atoms with van der Waals surface area (Å²) in [6.45, 7) is 39.3. The fraction of sp³-hybridized carbons (Fsp3) is 0.432. The predicted molar refractivity (Wildman–Crippen MR) is 336 cm³/mol. The van der Waals surface area contributed by atoms with Gasteiger partial charge in [-0.25, -0.2) is 0 Å². The molecule has 0 unspecified atom stereocenters. The van der Waals surface area contributed by atoms with Gasteiger partial charge in [-0.2, -0.15) is 0 Å². The number of fused-ring (bicyclic) bond motifs is 15. The van der Waals surface area contributed by atoms with Crippen molar-refractivity contribution in [1.82, 2.24) is 0 Å². The highest BCUT2D eigenvalue weighted by Crippen LogP contribution is 2.58. The highest BCUT2D eigenvalue weighted by atomic mass is 16.3. The minimum atomic E-state index is -0.200. The Labute approximate surface area is 470 Å². The molecule has 6 aliphatic rings. The molecule has 4 aliphatic carbocycles. The molecule has 0 amide bonds. The Morgan fingerprint density at radius 3 is 1.42 bits per heavy atom. The summed E-state index contributed by atoms with van der Waals surface area (Å²) < 4.78 is 14.7. The van der Waals surface area contributed by atoms with Gasteiger partial charge in [0.1, 0.15) is 22.3 Å². The van der Waals surface area contributed by atoms with E-state index in [-0.39, 0.29) is 50.2 Å². The van der Waals surface area contributed by atoms with Crippen LogP contribution < -0.4 is 20.6 Å². The van der Waals surface area contributed by atoms with Gasteiger partial charge in [-0.1, -0.05) is 147 Å². The summed E-state index contributed by atoms with van der Waals surface area (Å²) in [5, 5.41) is 4.66. The molecule has 0 radical (unpaired) electrons. The second-order valence-corrected chi connectivity index (χ2v) is 31.1. The zero-order valence-corrected chi connectivity index (χ0v) is 50.3. The molecule has 79 heavy (non-hydrogen) atoms. The second-order valence-electron chi connectivity index (χ2n) is 31.1. The topological polar surface area (TPSA) is 32.8 Å². The molecule has 0 saturated heterocycles. The van der Waals surface area contributed by atoms with Crippen LogP contribution in [0.2, 0.25) is 0 Å². The smallest absolute Gasteiger partial charge is 0.333 e. The van der Waals surface area contributed by atoms with Crippen LogP contribution in [0.1, 0.15) is 207 Å². The van der Waals surface area contributed by atoms with Gasteiger partial charge >= 0.3 is 6.85 Å². The van der Waals surface area contributed by atoms with Crippen molar-refractivity contribution >= 4 is 90.1 Å². The Hall–Kier alpha value is -6.20. The molecule has 4 heterocycles. The van der Waals surface area contributed by atoms with E-state index in [4.69, 9.17) is 8.83 Å². The number of para-hydroxylation sites is 1. The molecule has 402 valence electrons. The van der Waals surface area contributed by atoms with E-state index < -0.39 is 0 Å². The molecule has 2 aromatic heterocycles. The Bertz CT molecular complexity index is 4180. The molecular weight excluding hydrogens is 960 g/mol. The molecule has 4 nitrogen and oxygen atoms in total. The van der Waals surface area contributed by atoms with Gasteiger partial charge in [0.2, 0.25) is 0 Å². The maximum absolute atomic E-state index is 7.39. The van der Waals surface area contributed by atoms with Gasteiger partial charge in [0.25, 0.3) is 0 Å². The summed E-state index contributed by atoms with van der Waals surface area (Å²) in [6, 6.07) is 41.7. The largest absolute Gasteiger partial charge is 0.456 e. The van der Waals surface area contributed by atoms with Gasteiger partial charge in [-0.15, -0.1) is 0 Å². The van der Waals surface area contributed by atoms with Crippen molar-refractivity contribution < 1.29 is 8.83 Å². The maximum atomic E-state index is 7.39. The lowest BCUT2D eigenvalue weighted by Gasteiger charge is -2.49. The Morgan fingerprint density at radius 1 is 0.354 bits per heavy atom. The van der Waals surface area contributed by atoms with Crippen molar-refractivity contribution in [3.05, 3.63) is 148 Å². The standard InChI is InChI=1S/C74H81BN2O2/c1-67(2)25-27-69(5,6)51-33-42(21-23-49(51)67)76-59-39-55-54(72(11,12)30-31-73(55,13)14)38-57(59)75-65-60(76)37-47-44-19-17-18-20-61(44)79-66(47)64(65)48-35-45-46-36-53-56(74(15,16)32-29-71(53,9)10)40-62(46)78-63(45)41-58(48)77(75)43-22-24-50-52(34-43)70(7,8)28-26-68(50,3)4/h17-24,33-41H,25-32H2,1-16H3. The molecular formula is C74H81BN2O2. The van der Waals surface area contributed by atoms with Crippen LogP contribution >= 0.6 is 0 Å². The number of anilines is 5. The summed E-state index contributed by atoms with van der Waals surface area (Å²) in [4.78, 5) is 5.48. The third-order valence-corrected chi connectivity index (χ3v) is 22.3. The molecule has 5 heteroatoms. The van der Waals surface area contributed by atoms with E-state index in [2.05, 4.69) is 224 Å². The first kappa shape index (κ1) is 49.8. The molecule has 7 aromatic carbocycles. The van der Waals surface area contributed by atoms with Gasteiger partial charge in [0.05, 0.1) is 0 Å². The number of hydrogen-bond acceptors (Lipinski definition) is 4. The van der Waals surface area contributed by atoms with Crippen molar-refractivity contribution in [2.24, 2.45) is 0 Å². The minimum absolute atomic E-state index is 0.00412. The lowest BCUT2D eigenvalue weighted by molar-refractivity contribution is 0.332. The maximum Gasteiger partial charge on any atom is 0.333 e. The van der Waals surface area contributed by atoms with E-state index >= 15 is 0 Å². The van der Waals surface area contributed by atoms with E-state index in [0.29, 0.717) is 0 Å². The van der Waals surface area contributed by atoms with Gasteiger partial charge in [-0.3, -0.25) is 0 Å². The van der Waals surface area contributed by atoms with Crippen LogP contribution in [0.4, 0.5) is 28.4 Å². The third kappa shape index (κ3) is 6.80. The first-order valence-electron chi connectivity index (χ1n) is 30.2. The van der Waals surface area contributed by atoms with Crippen LogP contribution in [0.25, 0.3) is 55.0 Å². The van der Waals surface area contributed by atoms with Crippen LogP contribution in [0.5, 0.6) is 0 Å². The zero-order chi connectivity index (χ0) is 55.3. The van der Waals surface area contributed by atoms with Crippen molar-refractivity contribution in [2.45, 2.75) is 205 Å². The van der Waals surface area contributed by atoms with Crippen LogP contribution in [-0.4, -0.2) is 6.85 Å². The molecule has 0 N–H and O–H groups in total. The van der Waals surface area contributed by atoms with Crippen LogP contribution in [-0.2, 0) is 43.3 Å². The Balaban J connectivity index is 1.12. The second kappa shape index (κ2) is 15.4. The summed E-state index contributed by atoms with van der Waals surface area (Å²) in [5.74, 6) is 0. The number of rotatable bonds is 2. The predicted octanol–water partition coefficient (Wildman–Crippen LogP) is 19.6. The molecule has 0 saturated carbocycles. The average Bonchev–Trinajstić information content (AvgIpc) is 4.01. The molecule has 15 rings (SSSR count). The summed E-state index contributed by atoms with van der Waals surface area (Å²) >= 11 is 0. The van der Waals surface area contributed by atoms with Crippen molar-refractivity contribution in [3.8, 4) is 11.1 Å². The fourth-order valence-electron chi connectivity index (χ4n) is 16.6. The summed E-state index contributed by atoms with van der Waals surface area (Å²) in [7, 11) is 0. The van der Waals surface area contributed by atoms with Gasteiger partial charge in [0, 0.05) is 67.2 Å². The van der Waals surface area contributed by atoms with E-state index in [1.807, 2.05) is 0 Å². The van der Waals surface area contributed by atoms with Gasteiger partial charge in [0.15, 0.2) is 0 Å². The number of nitrogens with zero attached hydrogens (tertiary/aromatic N) is 2. The molecule has 9 aromatic rings. The van der Waals surface area contributed by atoms with Crippen molar-refractivity contribution in [2.75, 3.05) is 9.71 Å². The van der Waals surface area contributed by atoms with Crippen molar-refractivity contribution in [3.63, 3.8) is 0 Å². The average molecular weight is 1040 g/mol. The Kier molecular flexibility index (Phi) is 9.72. The van der Waals surface area contributed by atoms with Crippen LogP contribution in [0, 0.1) is 0 Å². The van der Waals surface area contributed by atoms with E-state index in [1.54, 1.807) is 0 Å². The first-order chi connectivity index (χ1) is 37.1. The molecule has 0 spiro atoms. The molecule has 0 bridgehead atoms. The molecule has 0 fully saturated rings. The number of hydrogen-bond donors (Lipinski definition) is 0. The van der Waals surface area contributed by atoms with Gasteiger partial charge in [-0.05, 0) is 211 Å². The minimum Gasteiger partial charge on any atom is -0.456 e. The number of benzene rings is 7. The monoisotopic (exact) mass is 1040 g/mol. The van der Waals surface area contributed by atoms with Gasteiger partial charge < -0.3 is 18.5 Å². The lowest BCUT2D eigenvalue weighted by Crippen LogP contribution is -2.62. The quantitative estimate of drug-likeness (QED) is 0.162. The van der Waals surface area contributed by atoms with Crippen LogP contribution in [0.15, 0.2) is 112 Å². The highest BCUT2D eigenvalue weighted by molar-refractivity contribution is 6.94. The van der Waals surface area contributed by atoms with E-state index in [0.717, 1.165) is 82.7 Å². The van der Waals surface area contributed by atoms with E-state index in [1.165, 1.54) is 108 Å². The highest BCUT2D eigenvalue weighted by Gasteiger charge is 2.51. The normalized spacial score (nSPS) is 21.7.